The lowest BCUT2D eigenvalue weighted by atomic mass is 10.0. The number of rotatable bonds is 8. The number of benzene rings is 2. The molecule has 0 aliphatic rings. The minimum Gasteiger partial charge on any atom is -0.505 e. The number of hydrogen-bond donors (Lipinski definition) is 4. The number of ketones is 2. The number of aliphatic hydroxyl groups is 1. The number of aromatic hydroxyl groups is 1. The van der Waals surface area contributed by atoms with Gasteiger partial charge in [-0.2, -0.15) is 0 Å². The van der Waals surface area contributed by atoms with Crippen molar-refractivity contribution in [1.29, 1.82) is 0 Å². The maximum absolute atomic E-state index is 14.9. The number of ether oxygens (including phenoxy) is 1. The Labute approximate surface area is 323 Å². The number of phenolic OH excluding ortho intramolecular Hbond substituents is 1. The first-order chi connectivity index (χ1) is 26.7. The Morgan fingerprint density at radius 1 is 0.632 bits per heavy atom. The van der Waals surface area contributed by atoms with Crippen LogP contribution in [0.3, 0.4) is 0 Å². The van der Waals surface area contributed by atoms with Gasteiger partial charge in [0.15, 0.2) is 23.1 Å². The molecule has 11 nitrogen and oxygen atoms in total. The van der Waals surface area contributed by atoms with Crippen molar-refractivity contribution in [3.8, 4) is 11.5 Å². The number of nitrogens with one attached hydrogen (secondary N) is 2. The van der Waals surface area contributed by atoms with E-state index in [4.69, 9.17) is 9.84 Å². The molecule has 0 fully saturated rings. The van der Waals surface area contributed by atoms with Crippen LogP contribution in [0.5, 0.6) is 11.5 Å². The second-order valence-corrected chi connectivity index (χ2v) is 11.5. The molecular weight excluding hydrogens is 744 g/mol. The lowest BCUT2D eigenvalue weighted by Gasteiger charge is -2.10. The number of pyridine rings is 4. The number of aromatic nitrogens is 6. The third kappa shape index (κ3) is 9.52. The Balaban J connectivity index is 0.000000211. The van der Waals surface area contributed by atoms with Crippen LogP contribution in [0.2, 0.25) is 0 Å². The number of aliphatic hydroxyl groups excluding tert-OH is 1. The first-order valence-electron chi connectivity index (χ1n) is 16.3. The van der Waals surface area contributed by atoms with Crippen molar-refractivity contribution < 1.29 is 42.1 Å². The van der Waals surface area contributed by atoms with Gasteiger partial charge in [0, 0.05) is 77.0 Å². The van der Waals surface area contributed by atoms with Crippen LogP contribution < -0.4 is 4.74 Å². The molecule has 6 heterocycles. The van der Waals surface area contributed by atoms with Gasteiger partial charge < -0.3 is 24.9 Å². The minimum absolute atomic E-state index is 0. The smallest absolute Gasteiger partial charge is 0.201 e. The molecule has 292 valence electrons. The van der Waals surface area contributed by atoms with Crippen molar-refractivity contribution in [2.24, 2.45) is 0 Å². The van der Waals surface area contributed by atoms with Crippen LogP contribution in [0.25, 0.3) is 22.1 Å². The van der Waals surface area contributed by atoms with Gasteiger partial charge in [-0.3, -0.25) is 19.6 Å². The van der Waals surface area contributed by atoms with E-state index in [0.29, 0.717) is 22.1 Å². The number of H-pyrrole nitrogens is 2. The van der Waals surface area contributed by atoms with Gasteiger partial charge in [0.1, 0.15) is 29.5 Å². The molecule has 8 aromatic rings. The summed E-state index contributed by atoms with van der Waals surface area (Å²) in [5, 5.41) is 18.7. The highest BCUT2D eigenvalue weighted by molar-refractivity contribution is 6.17. The SMILES string of the molecule is C.C.O=C(c1c(F)ccc(O)c1F)c1c[nH]c2ncccc12.O=C(c1c(F)ccc(OCc2cccnc2)c1F)c1c[nH]c2ncccc12.OCc1cccnc1. The van der Waals surface area contributed by atoms with Gasteiger partial charge in [0.2, 0.25) is 11.6 Å². The number of fused-ring (bicyclic) bond motifs is 2. The van der Waals surface area contributed by atoms with Crippen LogP contribution in [0.1, 0.15) is 57.8 Å². The van der Waals surface area contributed by atoms with Crippen LogP contribution >= 0.6 is 0 Å². The molecule has 0 saturated carbocycles. The van der Waals surface area contributed by atoms with Gasteiger partial charge >= 0.3 is 0 Å². The zero-order valence-corrected chi connectivity index (χ0v) is 28.4. The summed E-state index contributed by atoms with van der Waals surface area (Å²) in [6.07, 6.45) is 12.3. The van der Waals surface area contributed by atoms with E-state index >= 15 is 0 Å². The Bertz CT molecular complexity index is 2600. The van der Waals surface area contributed by atoms with Crippen LogP contribution in [0.15, 0.2) is 122 Å². The zero-order chi connectivity index (χ0) is 38.9. The summed E-state index contributed by atoms with van der Waals surface area (Å²) in [6.45, 7) is 0.120. The van der Waals surface area contributed by atoms with E-state index in [-0.39, 0.29) is 44.9 Å². The highest BCUT2D eigenvalue weighted by Gasteiger charge is 2.26. The number of aromatic amines is 2. The van der Waals surface area contributed by atoms with E-state index in [1.807, 2.05) is 6.07 Å². The first kappa shape index (κ1) is 42.5. The van der Waals surface area contributed by atoms with E-state index in [0.717, 1.165) is 35.4 Å². The quantitative estimate of drug-likeness (QED) is 0.0872. The average Bonchev–Trinajstić information content (AvgIpc) is 3.85. The van der Waals surface area contributed by atoms with Crippen LogP contribution in [-0.2, 0) is 13.2 Å². The zero-order valence-electron chi connectivity index (χ0n) is 28.4. The fourth-order valence-electron chi connectivity index (χ4n) is 5.30. The molecule has 0 aliphatic heterocycles. The second-order valence-electron chi connectivity index (χ2n) is 11.5. The molecule has 8 rings (SSSR count). The number of halogens is 4. The van der Waals surface area contributed by atoms with Crippen LogP contribution in [0, 0.1) is 23.3 Å². The highest BCUT2D eigenvalue weighted by Crippen LogP contribution is 2.29. The van der Waals surface area contributed by atoms with Gasteiger partial charge in [-0.25, -0.2) is 27.5 Å². The van der Waals surface area contributed by atoms with Crippen LogP contribution in [0.4, 0.5) is 17.6 Å². The van der Waals surface area contributed by atoms with E-state index in [2.05, 4.69) is 29.9 Å². The van der Waals surface area contributed by atoms with E-state index in [1.54, 1.807) is 73.4 Å². The third-order valence-corrected chi connectivity index (χ3v) is 7.99. The molecule has 15 heteroatoms. The summed E-state index contributed by atoms with van der Waals surface area (Å²) < 4.78 is 62.0. The molecule has 0 radical (unpaired) electrons. The average molecular weight is 781 g/mol. The minimum atomic E-state index is -1.27. The molecular formula is C42H36F4N6O5. The number of phenols is 1. The highest BCUT2D eigenvalue weighted by atomic mass is 19.1. The molecule has 0 atom stereocenters. The maximum atomic E-state index is 14.9. The molecule has 2 aromatic carbocycles. The summed E-state index contributed by atoms with van der Waals surface area (Å²) in [6, 6.07) is 17.5. The van der Waals surface area contributed by atoms with Crippen molar-refractivity contribution in [3.05, 3.63) is 179 Å². The summed E-state index contributed by atoms with van der Waals surface area (Å²) in [5.41, 5.74) is 1.27. The van der Waals surface area contributed by atoms with Crippen molar-refractivity contribution in [2.45, 2.75) is 28.1 Å². The molecule has 0 unspecified atom stereocenters. The molecule has 0 bridgehead atoms. The Morgan fingerprint density at radius 3 is 1.61 bits per heavy atom. The van der Waals surface area contributed by atoms with Gasteiger partial charge in [0.25, 0.3) is 0 Å². The predicted octanol–water partition coefficient (Wildman–Crippen LogP) is 8.67. The van der Waals surface area contributed by atoms with Crippen molar-refractivity contribution >= 4 is 33.6 Å². The topological polar surface area (TPSA) is 167 Å². The first-order valence-corrected chi connectivity index (χ1v) is 16.3. The summed E-state index contributed by atoms with van der Waals surface area (Å²) in [4.78, 5) is 46.5. The molecule has 0 amide bonds. The number of nitrogens with zero attached hydrogens (tertiary/aromatic N) is 4. The normalized spacial score (nSPS) is 10.3. The molecule has 0 saturated heterocycles. The van der Waals surface area contributed by atoms with Crippen molar-refractivity contribution in [2.75, 3.05) is 0 Å². The summed E-state index contributed by atoms with van der Waals surface area (Å²) in [5.74, 6) is -6.90. The lowest BCUT2D eigenvalue weighted by molar-refractivity contribution is 0.102. The molecule has 0 spiro atoms. The third-order valence-electron chi connectivity index (χ3n) is 7.99. The monoisotopic (exact) mass is 780 g/mol. The van der Waals surface area contributed by atoms with Gasteiger partial charge in [-0.15, -0.1) is 0 Å². The van der Waals surface area contributed by atoms with Gasteiger partial charge in [0.05, 0.1) is 17.7 Å². The molecule has 6 aromatic heterocycles. The van der Waals surface area contributed by atoms with Gasteiger partial charge in [-0.1, -0.05) is 27.0 Å². The fraction of sp³-hybridized carbons (Fsp3) is 0.0952. The summed E-state index contributed by atoms with van der Waals surface area (Å²) >= 11 is 0. The number of carbonyl (C=O) groups is 2. The molecule has 4 N–H and O–H groups in total. The predicted molar refractivity (Wildman–Crippen MR) is 206 cm³/mol. The van der Waals surface area contributed by atoms with E-state index in [9.17, 15) is 32.3 Å². The fourth-order valence-corrected chi connectivity index (χ4v) is 5.30. The van der Waals surface area contributed by atoms with Crippen LogP contribution in [-0.4, -0.2) is 51.7 Å². The van der Waals surface area contributed by atoms with Crippen molar-refractivity contribution in [3.63, 3.8) is 0 Å². The Morgan fingerprint density at radius 2 is 1.12 bits per heavy atom. The lowest BCUT2D eigenvalue weighted by Crippen LogP contribution is -2.09. The number of hydrogen-bond acceptors (Lipinski definition) is 9. The largest absolute Gasteiger partial charge is 0.505 e. The maximum Gasteiger partial charge on any atom is 0.201 e. The van der Waals surface area contributed by atoms with Gasteiger partial charge in [-0.05, 0) is 66.2 Å². The Hall–Kier alpha value is -7.26. The van der Waals surface area contributed by atoms with E-state index < -0.39 is 51.7 Å². The number of carbonyl (C=O) groups excluding carboxylic acids is 2. The Kier molecular flexibility index (Phi) is 14.4. The molecule has 57 heavy (non-hydrogen) atoms. The standard InChI is InChI=1S/C20H13F2N3O2.C14H8F2N2O2.C6H7NO.2CH4/c21-15-5-6-16(27-11-12-3-1-7-23-9-12)18(22)17(15)19(26)14-10-25-20-13(14)4-2-8-24-20;15-9-3-4-10(19)12(16)11(9)13(20)8-6-18-14-7(8)2-1-5-17-14;8-5-6-2-1-3-7-4-6;;/h1-10H,11H2,(H,24,25);1-6,19H,(H,17,18);1-4,8H,5H2;2*1H4. The summed E-state index contributed by atoms with van der Waals surface area (Å²) in [7, 11) is 0. The second kappa shape index (κ2) is 19.4. The van der Waals surface area contributed by atoms with E-state index in [1.165, 1.54) is 18.6 Å². The van der Waals surface area contributed by atoms with Crippen molar-refractivity contribution in [1.82, 2.24) is 29.9 Å². The molecule has 0 aliphatic carbocycles.